The summed E-state index contributed by atoms with van der Waals surface area (Å²) in [5, 5.41) is 0.557. The summed E-state index contributed by atoms with van der Waals surface area (Å²) in [5.74, 6) is 0.598. The van der Waals surface area contributed by atoms with Gasteiger partial charge in [0.05, 0.1) is 10.9 Å². The van der Waals surface area contributed by atoms with Crippen molar-refractivity contribution in [3.05, 3.63) is 63.4 Å². The molecule has 0 unspecified atom stereocenters. The molecule has 0 atom stereocenters. The summed E-state index contributed by atoms with van der Waals surface area (Å²) in [6.45, 7) is 0. The number of aryl methyl sites for hydroxylation is 1. The first-order valence-corrected chi connectivity index (χ1v) is 8.22. The Morgan fingerprint density at radius 1 is 1.21 bits per heavy atom. The lowest BCUT2D eigenvalue weighted by Crippen LogP contribution is -2.13. The van der Waals surface area contributed by atoms with Gasteiger partial charge in [-0.25, -0.2) is 9.97 Å². The number of benzene rings is 1. The highest BCUT2D eigenvalue weighted by Crippen LogP contribution is 2.21. The Labute approximate surface area is 146 Å². The van der Waals surface area contributed by atoms with E-state index in [0.717, 1.165) is 0 Å². The van der Waals surface area contributed by atoms with Crippen molar-refractivity contribution >= 4 is 32.8 Å². The van der Waals surface area contributed by atoms with Crippen LogP contribution in [0.5, 0.6) is 5.75 Å². The molecule has 2 heterocycles. The number of aromatic nitrogens is 3. The topological polar surface area (TPSA) is 84.9 Å². The number of hydrogen-bond donors (Lipinski definition) is 1. The van der Waals surface area contributed by atoms with Crippen LogP contribution in [0.3, 0.4) is 0 Å². The van der Waals surface area contributed by atoms with E-state index in [-0.39, 0.29) is 17.9 Å². The molecule has 0 aliphatic heterocycles. The molecular formula is C17H14BrN3O3. The molecule has 0 bridgehead atoms. The fourth-order valence-electron chi connectivity index (χ4n) is 2.27. The Kier molecular flexibility index (Phi) is 5.00. The van der Waals surface area contributed by atoms with E-state index in [0.29, 0.717) is 39.9 Å². The number of nitrogens with zero attached hydrogens (tertiary/aromatic N) is 2. The Morgan fingerprint density at radius 3 is 2.88 bits per heavy atom. The van der Waals surface area contributed by atoms with Crippen molar-refractivity contribution in [3.8, 4) is 5.75 Å². The minimum atomic E-state index is -0.355. The third-order valence-electron chi connectivity index (χ3n) is 3.41. The van der Waals surface area contributed by atoms with E-state index in [1.165, 1.54) is 0 Å². The fraction of sp³-hybridized carbons (Fsp3) is 0.176. The van der Waals surface area contributed by atoms with E-state index >= 15 is 0 Å². The number of pyridine rings is 1. The molecule has 7 heteroatoms. The third-order valence-corrected chi connectivity index (χ3v) is 4.00. The van der Waals surface area contributed by atoms with Gasteiger partial charge in [-0.2, -0.15) is 0 Å². The SMILES string of the molecule is O=C(CCCc1nc2ccccc2c(=O)[nH]1)Oc1cccnc1Br. The van der Waals surface area contributed by atoms with Crippen LogP contribution in [-0.4, -0.2) is 20.9 Å². The summed E-state index contributed by atoms with van der Waals surface area (Å²) in [4.78, 5) is 35.0. The van der Waals surface area contributed by atoms with Crippen LogP contribution < -0.4 is 10.3 Å². The smallest absolute Gasteiger partial charge is 0.311 e. The van der Waals surface area contributed by atoms with Gasteiger partial charge < -0.3 is 9.72 Å². The number of carbonyl (C=O) groups is 1. The highest BCUT2D eigenvalue weighted by Gasteiger charge is 2.09. The van der Waals surface area contributed by atoms with Gasteiger partial charge in [0.15, 0.2) is 5.75 Å². The molecule has 24 heavy (non-hydrogen) atoms. The van der Waals surface area contributed by atoms with Gasteiger partial charge in [-0.3, -0.25) is 9.59 Å². The van der Waals surface area contributed by atoms with Crippen LogP contribution in [0.1, 0.15) is 18.7 Å². The van der Waals surface area contributed by atoms with E-state index in [4.69, 9.17) is 4.74 Å². The number of aromatic amines is 1. The molecule has 0 fully saturated rings. The van der Waals surface area contributed by atoms with E-state index in [2.05, 4.69) is 30.9 Å². The second kappa shape index (κ2) is 7.35. The lowest BCUT2D eigenvalue weighted by atomic mass is 10.2. The molecule has 6 nitrogen and oxygen atoms in total. The molecule has 0 aliphatic rings. The van der Waals surface area contributed by atoms with Gasteiger partial charge in [-0.1, -0.05) is 12.1 Å². The van der Waals surface area contributed by atoms with E-state index in [1.54, 1.807) is 36.5 Å². The van der Waals surface area contributed by atoms with E-state index in [9.17, 15) is 9.59 Å². The average Bonchev–Trinajstić information content (AvgIpc) is 2.57. The normalized spacial score (nSPS) is 10.7. The molecule has 1 aromatic carbocycles. The third kappa shape index (κ3) is 3.86. The molecule has 2 aromatic heterocycles. The van der Waals surface area contributed by atoms with Crippen LogP contribution in [0.15, 0.2) is 52.0 Å². The maximum absolute atomic E-state index is 12.0. The van der Waals surface area contributed by atoms with Crippen LogP contribution in [0.2, 0.25) is 0 Å². The van der Waals surface area contributed by atoms with Crippen LogP contribution in [0.4, 0.5) is 0 Å². The number of fused-ring (bicyclic) bond motifs is 1. The second-order valence-corrected chi connectivity index (χ2v) is 5.90. The van der Waals surface area contributed by atoms with Crippen molar-refractivity contribution < 1.29 is 9.53 Å². The summed E-state index contributed by atoms with van der Waals surface area (Å²) < 4.78 is 5.72. The number of para-hydroxylation sites is 1. The zero-order valence-electron chi connectivity index (χ0n) is 12.7. The summed E-state index contributed by atoms with van der Waals surface area (Å²) >= 11 is 3.22. The van der Waals surface area contributed by atoms with Gasteiger partial charge in [-0.05, 0) is 46.6 Å². The summed E-state index contributed by atoms with van der Waals surface area (Å²) in [5.41, 5.74) is 0.482. The van der Waals surface area contributed by atoms with Gasteiger partial charge in [0.2, 0.25) is 0 Å². The van der Waals surface area contributed by atoms with Crippen molar-refractivity contribution in [1.82, 2.24) is 15.0 Å². The number of esters is 1. The number of nitrogens with one attached hydrogen (secondary N) is 1. The maximum Gasteiger partial charge on any atom is 0.311 e. The molecule has 122 valence electrons. The number of rotatable bonds is 5. The lowest BCUT2D eigenvalue weighted by molar-refractivity contribution is -0.134. The predicted octanol–water partition coefficient (Wildman–Crippen LogP) is 3.01. The average molecular weight is 388 g/mol. The zero-order chi connectivity index (χ0) is 16.9. The molecule has 0 spiro atoms. The minimum absolute atomic E-state index is 0.169. The molecule has 0 saturated carbocycles. The number of ether oxygens (including phenoxy) is 1. The van der Waals surface area contributed by atoms with Crippen LogP contribution >= 0.6 is 15.9 Å². The molecule has 0 amide bonds. The van der Waals surface area contributed by atoms with Gasteiger partial charge in [0.25, 0.3) is 5.56 Å². The van der Waals surface area contributed by atoms with Crippen molar-refractivity contribution in [2.45, 2.75) is 19.3 Å². The van der Waals surface area contributed by atoms with Crippen molar-refractivity contribution in [1.29, 1.82) is 0 Å². The molecule has 3 aromatic rings. The number of hydrogen-bond acceptors (Lipinski definition) is 5. The van der Waals surface area contributed by atoms with Gasteiger partial charge in [0.1, 0.15) is 10.4 Å². The first kappa shape index (κ1) is 16.3. The van der Waals surface area contributed by atoms with Gasteiger partial charge in [0, 0.05) is 19.0 Å². The number of carbonyl (C=O) groups excluding carboxylic acids is 1. The Morgan fingerprint density at radius 2 is 2.04 bits per heavy atom. The quantitative estimate of drug-likeness (QED) is 0.537. The standard InChI is InChI=1S/C17H14BrN3O3/c18-16-13(7-4-10-19-16)24-15(22)9-3-8-14-20-12-6-2-1-5-11(12)17(23)21-14/h1-2,4-7,10H,3,8-9H2,(H,20,21,23). The van der Waals surface area contributed by atoms with Crippen molar-refractivity contribution in [2.75, 3.05) is 0 Å². The second-order valence-electron chi connectivity index (χ2n) is 5.15. The first-order valence-electron chi connectivity index (χ1n) is 7.42. The largest absolute Gasteiger partial charge is 0.424 e. The molecule has 0 radical (unpaired) electrons. The number of halogens is 1. The van der Waals surface area contributed by atoms with Gasteiger partial charge >= 0.3 is 5.97 Å². The Bertz CT molecular complexity index is 940. The Balaban J connectivity index is 1.59. The summed E-state index contributed by atoms with van der Waals surface area (Å²) in [6, 6.07) is 10.5. The monoisotopic (exact) mass is 387 g/mol. The molecule has 0 saturated heterocycles. The maximum atomic E-state index is 12.0. The Hall–Kier alpha value is -2.54. The predicted molar refractivity (Wildman–Crippen MR) is 92.9 cm³/mol. The zero-order valence-corrected chi connectivity index (χ0v) is 14.2. The minimum Gasteiger partial charge on any atom is -0.424 e. The van der Waals surface area contributed by atoms with E-state index < -0.39 is 0 Å². The number of H-pyrrole nitrogens is 1. The molecule has 3 rings (SSSR count). The van der Waals surface area contributed by atoms with Crippen LogP contribution in [0.25, 0.3) is 10.9 Å². The fourth-order valence-corrected chi connectivity index (χ4v) is 2.61. The van der Waals surface area contributed by atoms with Crippen LogP contribution in [0, 0.1) is 0 Å². The molecule has 0 aliphatic carbocycles. The van der Waals surface area contributed by atoms with Crippen molar-refractivity contribution in [2.24, 2.45) is 0 Å². The highest BCUT2D eigenvalue weighted by molar-refractivity contribution is 9.10. The lowest BCUT2D eigenvalue weighted by Gasteiger charge is -2.05. The van der Waals surface area contributed by atoms with E-state index in [1.807, 2.05) is 6.07 Å². The highest BCUT2D eigenvalue weighted by atomic mass is 79.9. The van der Waals surface area contributed by atoms with Gasteiger partial charge in [-0.15, -0.1) is 0 Å². The first-order chi connectivity index (χ1) is 11.6. The summed E-state index contributed by atoms with van der Waals surface area (Å²) in [7, 11) is 0. The molecular weight excluding hydrogens is 374 g/mol. The summed E-state index contributed by atoms with van der Waals surface area (Å²) in [6.07, 6.45) is 2.84. The van der Waals surface area contributed by atoms with Crippen LogP contribution in [-0.2, 0) is 11.2 Å². The van der Waals surface area contributed by atoms with Crippen molar-refractivity contribution in [3.63, 3.8) is 0 Å². The molecule has 1 N–H and O–H groups in total.